The zero-order valence-electron chi connectivity index (χ0n) is 12.4. The van der Waals surface area contributed by atoms with Gasteiger partial charge >= 0.3 is 5.97 Å². The van der Waals surface area contributed by atoms with Gasteiger partial charge in [0.2, 0.25) is 0 Å². The fourth-order valence-corrected chi connectivity index (χ4v) is 2.21. The molecule has 0 saturated carbocycles. The first kappa shape index (κ1) is 14.8. The average molecular weight is 310 g/mol. The van der Waals surface area contributed by atoms with Gasteiger partial charge in [-0.05, 0) is 18.2 Å². The number of carbonyl (C=O) groups excluding carboxylic acids is 2. The summed E-state index contributed by atoms with van der Waals surface area (Å²) >= 11 is 0. The number of fused-ring (bicyclic) bond motifs is 1. The maximum absolute atomic E-state index is 12.1. The van der Waals surface area contributed by atoms with Crippen molar-refractivity contribution in [1.29, 1.82) is 0 Å². The van der Waals surface area contributed by atoms with Gasteiger partial charge in [0.05, 0.1) is 12.5 Å². The second-order valence-corrected chi connectivity index (χ2v) is 4.87. The Morgan fingerprint density at radius 3 is 2.70 bits per heavy atom. The largest absolute Gasteiger partial charge is 0.468 e. The quantitative estimate of drug-likeness (QED) is 0.748. The Bertz CT molecular complexity index is 855. The monoisotopic (exact) mass is 310 g/mol. The molecule has 0 unspecified atom stereocenters. The summed E-state index contributed by atoms with van der Waals surface area (Å²) in [6, 6.07) is 14.6. The predicted octanol–water partition coefficient (Wildman–Crippen LogP) is 2.40. The Hall–Kier alpha value is -3.15. The van der Waals surface area contributed by atoms with Crippen molar-refractivity contribution in [2.45, 2.75) is 0 Å². The highest BCUT2D eigenvalue weighted by atomic mass is 16.5. The molecule has 2 aromatic carbocycles. The third kappa shape index (κ3) is 3.06. The van der Waals surface area contributed by atoms with Crippen LogP contribution in [0.4, 0.5) is 0 Å². The number of amides is 1. The fourth-order valence-electron chi connectivity index (χ4n) is 2.21. The van der Waals surface area contributed by atoms with E-state index >= 15 is 0 Å². The lowest BCUT2D eigenvalue weighted by Crippen LogP contribution is -2.30. The zero-order valence-corrected chi connectivity index (χ0v) is 12.4. The van der Waals surface area contributed by atoms with Gasteiger partial charge in [0.25, 0.3) is 5.91 Å². The SMILES string of the molecule is COC(=O)CNC(=O)c1ccc2noc(-c3ccccc3)c2c1. The number of hydrogen-bond donors (Lipinski definition) is 1. The van der Waals surface area contributed by atoms with E-state index in [1.165, 1.54) is 7.11 Å². The first-order chi connectivity index (χ1) is 11.2. The number of hydrogen-bond acceptors (Lipinski definition) is 5. The third-order valence-corrected chi connectivity index (χ3v) is 3.40. The molecule has 1 aromatic heterocycles. The second kappa shape index (κ2) is 6.31. The van der Waals surface area contributed by atoms with Crippen LogP contribution in [0.3, 0.4) is 0 Å². The number of methoxy groups -OCH3 is 1. The molecule has 0 radical (unpaired) electrons. The van der Waals surface area contributed by atoms with Gasteiger partial charge < -0.3 is 14.6 Å². The van der Waals surface area contributed by atoms with Crippen molar-refractivity contribution >= 4 is 22.8 Å². The van der Waals surface area contributed by atoms with Crippen LogP contribution in [0.2, 0.25) is 0 Å². The molecule has 1 amide bonds. The van der Waals surface area contributed by atoms with Gasteiger partial charge in [-0.25, -0.2) is 0 Å². The van der Waals surface area contributed by atoms with Crippen LogP contribution in [0.25, 0.3) is 22.2 Å². The van der Waals surface area contributed by atoms with Gasteiger partial charge in [0.1, 0.15) is 12.1 Å². The second-order valence-electron chi connectivity index (χ2n) is 4.87. The molecule has 0 spiro atoms. The van der Waals surface area contributed by atoms with Crippen LogP contribution in [-0.2, 0) is 9.53 Å². The molecule has 6 nitrogen and oxygen atoms in total. The molecule has 0 aliphatic carbocycles. The topological polar surface area (TPSA) is 81.4 Å². The standard InChI is InChI=1S/C17H14N2O4/c1-22-15(20)10-18-17(21)12-7-8-14-13(9-12)16(23-19-14)11-5-3-2-4-6-11/h2-9H,10H2,1H3,(H,18,21). The highest BCUT2D eigenvalue weighted by Crippen LogP contribution is 2.29. The van der Waals surface area contributed by atoms with E-state index in [1.807, 2.05) is 30.3 Å². The van der Waals surface area contributed by atoms with Crippen LogP contribution < -0.4 is 5.32 Å². The summed E-state index contributed by atoms with van der Waals surface area (Å²) in [6.45, 7) is -0.178. The molecule has 0 bridgehead atoms. The Labute approximate surface area is 132 Å². The minimum absolute atomic E-state index is 0.178. The third-order valence-electron chi connectivity index (χ3n) is 3.40. The van der Waals surface area contributed by atoms with Crippen LogP contribution in [0.1, 0.15) is 10.4 Å². The molecule has 6 heteroatoms. The summed E-state index contributed by atoms with van der Waals surface area (Å²) in [4.78, 5) is 23.2. The van der Waals surface area contributed by atoms with Crippen molar-refractivity contribution in [3.05, 3.63) is 54.1 Å². The van der Waals surface area contributed by atoms with Crippen molar-refractivity contribution in [3.63, 3.8) is 0 Å². The van der Waals surface area contributed by atoms with E-state index in [4.69, 9.17) is 4.52 Å². The van der Waals surface area contributed by atoms with Crippen LogP contribution in [-0.4, -0.2) is 30.7 Å². The molecule has 0 atom stereocenters. The minimum Gasteiger partial charge on any atom is -0.468 e. The van der Waals surface area contributed by atoms with Crippen molar-refractivity contribution < 1.29 is 18.8 Å². The number of ether oxygens (including phenoxy) is 1. The van der Waals surface area contributed by atoms with Gasteiger partial charge in [0, 0.05) is 11.1 Å². The van der Waals surface area contributed by atoms with Crippen LogP contribution in [0.5, 0.6) is 0 Å². The summed E-state index contributed by atoms with van der Waals surface area (Å²) in [5.74, 6) is -0.268. The van der Waals surface area contributed by atoms with E-state index < -0.39 is 5.97 Å². The van der Waals surface area contributed by atoms with Gasteiger partial charge in [-0.2, -0.15) is 0 Å². The fraction of sp³-hybridized carbons (Fsp3) is 0.118. The van der Waals surface area contributed by atoms with E-state index in [2.05, 4.69) is 15.2 Å². The van der Waals surface area contributed by atoms with Crippen LogP contribution in [0, 0.1) is 0 Å². The highest BCUT2D eigenvalue weighted by molar-refractivity contribution is 6.01. The van der Waals surface area contributed by atoms with Gasteiger partial charge in [-0.1, -0.05) is 35.5 Å². The Morgan fingerprint density at radius 1 is 1.17 bits per heavy atom. The van der Waals surface area contributed by atoms with Gasteiger partial charge in [-0.15, -0.1) is 0 Å². The molecular weight excluding hydrogens is 296 g/mol. The molecular formula is C17H14N2O4. The van der Waals surface area contributed by atoms with E-state index in [1.54, 1.807) is 18.2 Å². The maximum Gasteiger partial charge on any atom is 0.325 e. The Morgan fingerprint density at radius 2 is 1.96 bits per heavy atom. The van der Waals surface area contributed by atoms with Gasteiger partial charge in [0.15, 0.2) is 5.76 Å². The molecule has 0 fully saturated rings. The highest BCUT2D eigenvalue weighted by Gasteiger charge is 2.14. The minimum atomic E-state index is -0.505. The first-order valence-electron chi connectivity index (χ1n) is 6.99. The molecule has 3 rings (SSSR count). The molecule has 0 aliphatic rings. The zero-order chi connectivity index (χ0) is 16.2. The lowest BCUT2D eigenvalue weighted by molar-refractivity contribution is -0.139. The van der Waals surface area contributed by atoms with Crippen LogP contribution in [0.15, 0.2) is 53.1 Å². The molecule has 1 N–H and O–H groups in total. The van der Waals surface area contributed by atoms with E-state index in [-0.39, 0.29) is 12.5 Å². The molecule has 0 saturated heterocycles. The number of benzene rings is 2. The summed E-state index contributed by atoms with van der Waals surface area (Å²) in [5, 5.41) is 7.24. The molecule has 3 aromatic rings. The van der Waals surface area contributed by atoms with Crippen molar-refractivity contribution in [1.82, 2.24) is 10.5 Å². The molecule has 23 heavy (non-hydrogen) atoms. The average Bonchev–Trinajstić information content (AvgIpc) is 3.03. The number of carbonyl (C=O) groups is 2. The molecule has 1 heterocycles. The maximum atomic E-state index is 12.1. The van der Waals surface area contributed by atoms with E-state index in [0.717, 1.165) is 10.9 Å². The molecule has 116 valence electrons. The number of aromatic nitrogens is 1. The van der Waals surface area contributed by atoms with Crippen LogP contribution >= 0.6 is 0 Å². The van der Waals surface area contributed by atoms with E-state index in [0.29, 0.717) is 16.8 Å². The first-order valence-corrected chi connectivity index (χ1v) is 6.99. The van der Waals surface area contributed by atoms with Crippen molar-refractivity contribution in [3.8, 4) is 11.3 Å². The summed E-state index contributed by atoms with van der Waals surface area (Å²) in [5.41, 5.74) is 1.96. The van der Waals surface area contributed by atoms with Gasteiger partial charge in [-0.3, -0.25) is 9.59 Å². The normalized spacial score (nSPS) is 10.5. The van der Waals surface area contributed by atoms with Crippen molar-refractivity contribution in [2.24, 2.45) is 0 Å². The van der Waals surface area contributed by atoms with Crippen molar-refractivity contribution in [2.75, 3.05) is 13.7 Å². The van der Waals surface area contributed by atoms with E-state index in [9.17, 15) is 9.59 Å². The number of nitrogens with zero attached hydrogens (tertiary/aromatic N) is 1. The summed E-state index contributed by atoms with van der Waals surface area (Å²) < 4.78 is 9.89. The summed E-state index contributed by atoms with van der Waals surface area (Å²) in [7, 11) is 1.27. The lowest BCUT2D eigenvalue weighted by atomic mass is 10.1. The Kier molecular flexibility index (Phi) is 4.05. The Balaban J connectivity index is 1.92. The smallest absolute Gasteiger partial charge is 0.325 e. The number of rotatable bonds is 4. The number of nitrogens with one attached hydrogen (secondary N) is 1. The predicted molar refractivity (Wildman–Crippen MR) is 83.8 cm³/mol. The summed E-state index contributed by atoms with van der Waals surface area (Å²) in [6.07, 6.45) is 0. The molecule has 0 aliphatic heterocycles. The lowest BCUT2D eigenvalue weighted by Gasteiger charge is -2.04. The number of esters is 1.